The van der Waals surface area contributed by atoms with E-state index in [9.17, 15) is 24.4 Å². The Balaban J connectivity index is 2.51. The second-order valence-corrected chi connectivity index (χ2v) is 5.69. The van der Waals surface area contributed by atoms with Crippen LogP contribution in [0.25, 0.3) is 0 Å². The largest absolute Gasteiger partial charge is 0.480 e. The third-order valence-corrected chi connectivity index (χ3v) is 4.25. The van der Waals surface area contributed by atoms with E-state index in [0.717, 1.165) is 12.1 Å². The summed E-state index contributed by atoms with van der Waals surface area (Å²) >= 11 is 6.99. The van der Waals surface area contributed by atoms with Crippen molar-refractivity contribution in [2.24, 2.45) is 0 Å². The summed E-state index contributed by atoms with van der Waals surface area (Å²) in [6.07, 6.45) is 0. The molecule has 2 rings (SSSR count). The van der Waals surface area contributed by atoms with Crippen LogP contribution in [-0.2, 0) is 4.79 Å². The van der Waals surface area contributed by atoms with E-state index >= 15 is 0 Å². The normalized spacial score (nSPS) is 18.9. The number of benzene rings is 1. The van der Waals surface area contributed by atoms with E-state index in [1.807, 2.05) is 0 Å². The highest BCUT2D eigenvalue weighted by atomic mass is 35.5. The van der Waals surface area contributed by atoms with Crippen molar-refractivity contribution in [3.05, 3.63) is 33.1 Å². The van der Waals surface area contributed by atoms with E-state index in [0.29, 0.717) is 12.3 Å². The highest BCUT2D eigenvalue weighted by Crippen LogP contribution is 2.36. The SMILES string of the molecule is O=C(O)C1CSCCN1c1cc(F)c(Cl)cc1[N+](=O)[O-]. The maximum Gasteiger partial charge on any atom is 0.327 e. The standard InChI is InChI=1S/C11H10ClFN2O4S/c12-6-3-9(15(18)19)8(4-7(6)13)14-1-2-20-5-10(14)11(16)17/h3-4,10H,1-2,5H2,(H,16,17). The van der Waals surface area contributed by atoms with Gasteiger partial charge in [0.15, 0.2) is 0 Å². The predicted molar refractivity (Wildman–Crippen MR) is 74.2 cm³/mol. The van der Waals surface area contributed by atoms with Gasteiger partial charge in [-0.15, -0.1) is 0 Å². The summed E-state index contributed by atoms with van der Waals surface area (Å²) in [5, 5.41) is 19.9. The van der Waals surface area contributed by atoms with E-state index in [2.05, 4.69) is 0 Å². The lowest BCUT2D eigenvalue weighted by atomic mass is 10.2. The van der Waals surface area contributed by atoms with Crippen LogP contribution in [0.4, 0.5) is 15.8 Å². The average Bonchev–Trinajstić information content (AvgIpc) is 2.41. The van der Waals surface area contributed by atoms with Crippen molar-refractivity contribution >= 4 is 40.7 Å². The molecule has 1 atom stereocenters. The van der Waals surface area contributed by atoms with E-state index in [-0.39, 0.29) is 16.5 Å². The van der Waals surface area contributed by atoms with Gasteiger partial charge in [-0.05, 0) is 0 Å². The summed E-state index contributed by atoms with van der Waals surface area (Å²) in [6.45, 7) is 0.295. The van der Waals surface area contributed by atoms with Crippen LogP contribution >= 0.6 is 23.4 Å². The molecule has 108 valence electrons. The van der Waals surface area contributed by atoms with Crippen LogP contribution in [0.1, 0.15) is 0 Å². The number of thioether (sulfide) groups is 1. The molecule has 1 aromatic carbocycles. The molecule has 6 nitrogen and oxygen atoms in total. The molecule has 1 unspecified atom stereocenters. The van der Waals surface area contributed by atoms with Gasteiger partial charge in [-0.2, -0.15) is 11.8 Å². The first-order chi connectivity index (χ1) is 9.41. The minimum atomic E-state index is -1.10. The number of hydrogen-bond donors (Lipinski definition) is 1. The zero-order valence-electron chi connectivity index (χ0n) is 10.1. The van der Waals surface area contributed by atoms with Crippen molar-refractivity contribution in [2.75, 3.05) is 23.0 Å². The Morgan fingerprint density at radius 3 is 2.90 bits per heavy atom. The van der Waals surface area contributed by atoms with Gasteiger partial charge in [0.2, 0.25) is 0 Å². The molecule has 1 heterocycles. The lowest BCUT2D eigenvalue weighted by Gasteiger charge is -2.34. The van der Waals surface area contributed by atoms with Crippen LogP contribution in [0.5, 0.6) is 0 Å². The molecule has 1 aromatic rings. The number of nitrogens with zero attached hydrogens (tertiary/aromatic N) is 2. The first kappa shape index (κ1) is 14.9. The molecule has 0 aliphatic carbocycles. The second-order valence-electron chi connectivity index (χ2n) is 4.13. The smallest absolute Gasteiger partial charge is 0.327 e. The summed E-state index contributed by atoms with van der Waals surface area (Å²) < 4.78 is 13.6. The summed E-state index contributed by atoms with van der Waals surface area (Å²) in [7, 11) is 0. The average molecular weight is 321 g/mol. The van der Waals surface area contributed by atoms with Gasteiger partial charge < -0.3 is 10.0 Å². The topological polar surface area (TPSA) is 83.7 Å². The van der Waals surface area contributed by atoms with Gasteiger partial charge in [0.25, 0.3) is 5.69 Å². The molecule has 1 aliphatic heterocycles. The number of nitro groups is 1. The van der Waals surface area contributed by atoms with Crippen LogP contribution in [0.3, 0.4) is 0 Å². The molecule has 1 N–H and O–H groups in total. The number of hydrogen-bond acceptors (Lipinski definition) is 5. The molecule has 1 fully saturated rings. The molecular weight excluding hydrogens is 311 g/mol. The fourth-order valence-corrected chi connectivity index (χ4v) is 3.19. The molecule has 9 heteroatoms. The Bertz CT molecular complexity index is 572. The monoisotopic (exact) mass is 320 g/mol. The van der Waals surface area contributed by atoms with Crippen LogP contribution in [-0.4, -0.2) is 40.1 Å². The summed E-state index contributed by atoms with van der Waals surface area (Å²) in [5.41, 5.74) is -0.445. The number of aliphatic carboxylic acids is 1. The first-order valence-corrected chi connectivity index (χ1v) is 7.15. The van der Waals surface area contributed by atoms with Crippen LogP contribution < -0.4 is 4.90 Å². The quantitative estimate of drug-likeness (QED) is 0.680. The minimum Gasteiger partial charge on any atom is -0.480 e. The Kier molecular flexibility index (Phi) is 4.34. The Morgan fingerprint density at radius 1 is 1.60 bits per heavy atom. The molecular formula is C11H10ClFN2O4S. The maximum absolute atomic E-state index is 13.6. The van der Waals surface area contributed by atoms with E-state index < -0.39 is 28.4 Å². The van der Waals surface area contributed by atoms with Crippen molar-refractivity contribution < 1.29 is 19.2 Å². The van der Waals surface area contributed by atoms with Gasteiger partial charge in [-0.1, -0.05) is 11.6 Å². The molecule has 0 bridgehead atoms. The predicted octanol–water partition coefficient (Wildman–Crippen LogP) is 2.39. The molecule has 0 aromatic heterocycles. The molecule has 0 radical (unpaired) electrons. The Hall–Kier alpha value is -1.54. The molecule has 0 amide bonds. The lowest BCUT2D eigenvalue weighted by molar-refractivity contribution is -0.384. The minimum absolute atomic E-state index is 0.0513. The number of anilines is 1. The van der Waals surface area contributed by atoms with Crippen LogP contribution in [0, 0.1) is 15.9 Å². The van der Waals surface area contributed by atoms with Gasteiger partial charge in [0, 0.05) is 30.2 Å². The van der Waals surface area contributed by atoms with Crippen LogP contribution in [0.15, 0.2) is 12.1 Å². The Morgan fingerprint density at radius 2 is 2.30 bits per heavy atom. The third kappa shape index (κ3) is 2.80. The van der Waals surface area contributed by atoms with Crippen molar-refractivity contribution in [2.45, 2.75) is 6.04 Å². The number of carboxylic acids is 1. The van der Waals surface area contributed by atoms with Gasteiger partial charge in [0.1, 0.15) is 17.5 Å². The van der Waals surface area contributed by atoms with Gasteiger partial charge in [-0.25, -0.2) is 9.18 Å². The summed E-state index contributed by atoms with van der Waals surface area (Å²) in [5.74, 6) is -1.00. The number of halogens is 2. The van der Waals surface area contributed by atoms with Crippen molar-refractivity contribution in [1.82, 2.24) is 0 Å². The van der Waals surface area contributed by atoms with Gasteiger partial charge in [0.05, 0.1) is 9.95 Å². The number of carboxylic acid groups (broad SMARTS) is 1. The van der Waals surface area contributed by atoms with E-state index in [1.54, 1.807) is 0 Å². The molecule has 0 saturated carbocycles. The molecule has 0 spiro atoms. The van der Waals surface area contributed by atoms with Gasteiger partial charge >= 0.3 is 5.97 Å². The maximum atomic E-state index is 13.6. The fourth-order valence-electron chi connectivity index (χ4n) is 2.00. The van der Waals surface area contributed by atoms with Gasteiger partial charge in [-0.3, -0.25) is 10.1 Å². The number of rotatable bonds is 3. The molecule has 1 aliphatic rings. The summed E-state index contributed by atoms with van der Waals surface area (Å²) in [6, 6.07) is 0.909. The highest BCUT2D eigenvalue weighted by molar-refractivity contribution is 7.99. The zero-order valence-corrected chi connectivity index (χ0v) is 11.7. The number of carbonyl (C=O) groups is 1. The second kappa shape index (κ2) is 5.84. The molecule has 20 heavy (non-hydrogen) atoms. The fraction of sp³-hybridized carbons (Fsp3) is 0.364. The van der Waals surface area contributed by atoms with E-state index in [1.165, 1.54) is 16.7 Å². The van der Waals surface area contributed by atoms with Crippen molar-refractivity contribution in [3.8, 4) is 0 Å². The summed E-state index contributed by atoms with van der Waals surface area (Å²) in [4.78, 5) is 22.9. The Labute approximate surface area is 122 Å². The van der Waals surface area contributed by atoms with E-state index in [4.69, 9.17) is 11.6 Å². The van der Waals surface area contributed by atoms with Crippen molar-refractivity contribution in [3.63, 3.8) is 0 Å². The number of nitro benzene ring substituents is 1. The highest BCUT2D eigenvalue weighted by Gasteiger charge is 2.33. The lowest BCUT2D eigenvalue weighted by Crippen LogP contribution is -2.47. The van der Waals surface area contributed by atoms with Crippen LogP contribution in [0.2, 0.25) is 5.02 Å². The third-order valence-electron chi connectivity index (χ3n) is 2.94. The van der Waals surface area contributed by atoms with Crippen molar-refractivity contribution in [1.29, 1.82) is 0 Å². The zero-order chi connectivity index (χ0) is 14.9. The molecule has 1 saturated heterocycles. The first-order valence-electron chi connectivity index (χ1n) is 5.62.